The molecule has 1 aromatic heterocycles. The van der Waals surface area contributed by atoms with Gasteiger partial charge in [-0.2, -0.15) is 0 Å². The average Bonchev–Trinajstić information content (AvgIpc) is 2.99. The highest BCUT2D eigenvalue weighted by Crippen LogP contribution is 2.22. The van der Waals surface area contributed by atoms with Crippen LogP contribution in [0.1, 0.15) is 6.92 Å². The molecule has 0 bridgehead atoms. The Kier molecular flexibility index (Phi) is 4.53. The molecule has 94 valence electrons. The van der Waals surface area contributed by atoms with Crippen LogP contribution in [0.15, 0.2) is 41.5 Å². The number of fused-ring (bicyclic) bond motifs is 1. The minimum atomic E-state index is 0.688. The summed E-state index contributed by atoms with van der Waals surface area (Å²) in [7, 11) is 0. The molecule has 0 aliphatic carbocycles. The summed E-state index contributed by atoms with van der Waals surface area (Å²) in [6.45, 7) is 4.29. The summed E-state index contributed by atoms with van der Waals surface area (Å²) in [6, 6.07) is 9.87. The van der Waals surface area contributed by atoms with E-state index in [9.17, 15) is 0 Å². The average molecular weight is 244 g/mol. The predicted molar refractivity (Wildman–Crippen MR) is 72.2 cm³/mol. The quantitative estimate of drug-likeness (QED) is 0.815. The molecule has 2 heterocycles. The minimum Gasteiger partial charge on any atom is -0.493 e. The van der Waals surface area contributed by atoms with Crippen LogP contribution >= 0.6 is 0 Å². The molecule has 0 spiro atoms. The molecule has 0 unspecified atom stereocenters. The Morgan fingerprint density at radius 1 is 1.28 bits per heavy atom. The second-order valence-electron chi connectivity index (χ2n) is 3.64. The van der Waals surface area contributed by atoms with Gasteiger partial charge in [-0.3, -0.25) is 9.98 Å². The van der Waals surface area contributed by atoms with Crippen LogP contribution in [0.2, 0.25) is 0 Å². The predicted octanol–water partition coefficient (Wildman–Crippen LogP) is 2.68. The molecule has 0 saturated carbocycles. The largest absolute Gasteiger partial charge is 0.493 e. The molecule has 2 aromatic rings. The first kappa shape index (κ1) is 12.4. The summed E-state index contributed by atoms with van der Waals surface area (Å²) in [5.41, 5.74) is 0.980. The van der Waals surface area contributed by atoms with Crippen molar-refractivity contribution in [1.29, 1.82) is 0 Å². The summed E-state index contributed by atoms with van der Waals surface area (Å²) in [4.78, 5) is 7.98. The van der Waals surface area contributed by atoms with Crippen molar-refractivity contribution in [1.82, 2.24) is 4.98 Å². The highest BCUT2D eigenvalue weighted by Gasteiger charge is 1.99. The van der Waals surface area contributed by atoms with Gasteiger partial charge in [0.1, 0.15) is 12.4 Å². The van der Waals surface area contributed by atoms with Crippen molar-refractivity contribution in [2.45, 2.75) is 6.92 Å². The number of rotatable bonds is 2. The summed E-state index contributed by atoms with van der Waals surface area (Å²) >= 11 is 0. The Morgan fingerprint density at radius 2 is 2.17 bits per heavy atom. The third kappa shape index (κ3) is 3.20. The van der Waals surface area contributed by atoms with Crippen molar-refractivity contribution in [3.8, 4) is 5.75 Å². The number of aliphatic imine (C=N–C) groups is 1. The number of aromatic nitrogens is 1. The van der Waals surface area contributed by atoms with E-state index in [1.54, 1.807) is 6.20 Å². The zero-order valence-corrected chi connectivity index (χ0v) is 10.4. The van der Waals surface area contributed by atoms with Crippen molar-refractivity contribution < 1.29 is 9.47 Å². The number of ether oxygens (including phenoxy) is 2. The van der Waals surface area contributed by atoms with Gasteiger partial charge in [-0.25, -0.2) is 0 Å². The van der Waals surface area contributed by atoms with Crippen molar-refractivity contribution in [2.75, 3.05) is 19.8 Å². The van der Waals surface area contributed by atoms with Gasteiger partial charge in [0.25, 0.3) is 0 Å². The SMILES string of the molecule is C1=NCCO1.CCOc1ccnc2ccccc12. The van der Waals surface area contributed by atoms with Gasteiger partial charge in [-0.1, -0.05) is 12.1 Å². The Labute approximate surface area is 106 Å². The molecular weight excluding hydrogens is 228 g/mol. The van der Waals surface area contributed by atoms with Crippen LogP contribution in [0.4, 0.5) is 0 Å². The molecule has 0 radical (unpaired) electrons. The van der Waals surface area contributed by atoms with Crippen LogP contribution in [0, 0.1) is 0 Å². The minimum absolute atomic E-state index is 0.688. The molecule has 4 nitrogen and oxygen atoms in total. The molecule has 1 aliphatic rings. The monoisotopic (exact) mass is 244 g/mol. The molecule has 0 amide bonds. The van der Waals surface area contributed by atoms with Gasteiger partial charge in [0.05, 0.1) is 18.7 Å². The zero-order chi connectivity index (χ0) is 12.6. The fourth-order valence-corrected chi connectivity index (χ4v) is 1.61. The van der Waals surface area contributed by atoms with Crippen LogP contribution in [0.3, 0.4) is 0 Å². The lowest BCUT2D eigenvalue weighted by atomic mass is 10.2. The van der Waals surface area contributed by atoms with E-state index in [1.807, 2.05) is 37.3 Å². The van der Waals surface area contributed by atoms with Crippen LogP contribution in [0.5, 0.6) is 5.75 Å². The lowest BCUT2D eigenvalue weighted by Crippen LogP contribution is -1.92. The summed E-state index contributed by atoms with van der Waals surface area (Å²) in [6.07, 6.45) is 3.26. The first-order chi connectivity index (χ1) is 8.92. The van der Waals surface area contributed by atoms with E-state index >= 15 is 0 Å². The smallest absolute Gasteiger partial charge is 0.169 e. The molecule has 18 heavy (non-hydrogen) atoms. The fourth-order valence-electron chi connectivity index (χ4n) is 1.61. The highest BCUT2D eigenvalue weighted by atomic mass is 16.5. The number of para-hydroxylation sites is 1. The lowest BCUT2D eigenvalue weighted by Gasteiger charge is -2.05. The van der Waals surface area contributed by atoms with Gasteiger partial charge < -0.3 is 9.47 Å². The second-order valence-corrected chi connectivity index (χ2v) is 3.64. The van der Waals surface area contributed by atoms with Crippen molar-refractivity contribution in [3.63, 3.8) is 0 Å². The van der Waals surface area contributed by atoms with E-state index in [4.69, 9.17) is 4.74 Å². The van der Waals surface area contributed by atoms with E-state index < -0.39 is 0 Å². The van der Waals surface area contributed by atoms with Crippen molar-refractivity contribution >= 4 is 17.3 Å². The van der Waals surface area contributed by atoms with Gasteiger partial charge in [-0.05, 0) is 25.1 Å². The van der Waals surface area contributed by atoms with E-state index in [-0.39, 0.29) is 0 Å². The molecule has 1 aliphatic heterocycles. The summed E-state index contributed by atoms with van der Waals surface area (Å²) < 4.78 is 10.1. The highest BCUT2D eigenvalue weighted by molar-refractivity contribution is 5.84. The Bertz CT molecular complexity index is 515. The van der Waals surface area contributed by atoms with Crippen molar-refractivity contribution in [2.24, 2.45) is 4.99 Å². The molecule has 0 fully saturated rings. The molecule has 0 atom stereocenters. The number of hydrogen-bond donors (Lipinski definition) is 0. The van der Waals surface area contributed by atoms with E-state index in [1.165, 1.54) is 6.40 Å². The molecule has 3 rings (SSSR count). The molecule has 1 aromatic carbocycles. The Balaban J connectivity index is 0.000000202. The van der Waals surface area contributed by atoms with Gasteiger partial charge >= 0.3 is 0 Å². The molecule has 0 saturated heterocycles. The third-order valence-electron chi connectivity index (χ3n) is 2.40. The molecular formula is C14H16N2O2. The maximum Gasteiger partial charge on any atom is 0.169 e. The lowest BCUT2D eigenvalue weighted by molar-refractivity contribution is 0.344. The Morgan fingerprint density at radius 3 is 2.83 bits per heavy atom. The first-order valence-electron chi connectivity index (χ1n) is 5.98. The standard InChI is InChI=1S/C11H11NO.C3H5NO/c1-2-13-11-7-8-12-10-6-4-3-5-9(10)11;1-2-5-3-4-1/h3-8H,2H2,1H3;3H,1-2H2. The summed E-state index contributed by atoms with van der Waals surface area (Å²) in [5, 5.41) is 1.08. The van der Waals surface area contributed by atoms with Crippen LogP contribution < -0.4 is 4.74 Å². The van der Waals surface area contributed by atoms with Gasteiger partial charge in [-0.15, -0.1) is 0 Å². The Hall–Kier alpha value is -2.10. The topological polar surface area (TPSA) is 43.7 Å². The maximum atomic E-state index is 5.48. The number of nitrogens with zero attached hydrogens (tertiary/aromatic N) is 2. The van der Waals surface area contributed by atoms with E-state index in [0.29, 0.717) is 6.61 Å². The number of hydrogen-bond acceptors (Lipinski definition) is 4. The number of benzene rings is 1. The van der Waals surface area contributed by atoms with Gasteiger partial charge in [0, 0.05) is 11.6 Å². The number of pyridine rings is 1. The normalized spacial score (nSPS) is 12.7. The molecule has 4 heteroatoms. The second kappa shape index (κ2) is 6.59. The van der Waals surface area contributed by atoms with E-state index in [0.717, 1.165) is 29.8 Å². The molecule has 0 N–H and O–H groups in total. The first-order valence-corrected chi connectivity index (χ1v) is 5.98. The van der Waals surface area contributed by atoms with Crippen LogP contribution in [-0.2, 0) is 4.74 Å². The van der Waals surface area contributed by atoms with Gasteiger partial charge in [0.15, 0.2) is 6.40 Å². The van der Waals surface area contributed by atoms with Gasteiger partial charge in [0.2, 0.25) is 0 Å². The van der Waals surface area contributed by atoms with Crippen LogP contribution in [-0.4, -0.2) is 31.1 Å². The van der Waals surface area contributed by atoms with Crippen molar-refractivity contribution in [3.05, 3.63) is 36.5 Å². The maximum absolute atomic E-state index is 5.48. The van der Waals surface area contributed by atoms with E-state index in [2.05, 4.69) is 14.7 Å². The fraction of sp³-hybridized carbons (Fsp3) is 0.286. The third-order valence-corrected chi connectivity index (χ3v) is 2.40. The van der Waals surface area contributed by atoms with Crippen LogP contribution in [0.25, 0.3) is 10.9 Å². The zero-order valence-electron chi connectivity index (χ0n) is 10.4. The summed E-state index contributed by atoms with van der Waals surface area (Å²) in [5.74, 6) is 0.910.